The lowest BCUT2D eigenvalue weighted by Crippen LogP contribution is -2.45. The van der Waals surface area contributed by atoms with Gasteiger partial charge in [-0.25, -0.2) is 9.97 Å². The van der Waals surface area contributed by atoms with Gasteiger partial charge in [-0.15, -0.1) is 11.3 Å². The Bertz CT molecular complexity index is 851. The topological polar surface area (TPSA) is 58.1 Å². The second-order valence-electron chi connectivity index (χ2n) is 7.21. The number of aryl methyl sites for hydroxylation is 2. The zero-order valence-corrected chi connectivity index (χ0v) is 15.6. The summed E-state index contributed by atoms with van der Waals surface area (Å²) in [6, 6.07) is 0. The molecule has 146 valence electrons. The van der Waals surface area contributed by atoms with Crippen LogP contribution in [0.15, 0.2) is 6.33 Å². The molecule has 0 spiro atoms. The van der Waals surface area contributed by atoms with Crippen LogP contribution in [0.5, 0.6) is 0 Å². The first-order chi connectivity index (χ1) is 12.9. The number of carbonyl (C=O) groups is 1. The van der Waals surface area contributed by atoms with Gasteiger partial charge in [0, 0.05) is 18.0 Å². The van der Waals surface area contributed by atoms with Gasteiger partial charge in [0.2, 0.25) is 5.91 Å². The molecular formula is C18H21F3N4OS. The number of amides is 1. The second-order valence-corrected chi connectivity index (χ2v) is 8.29. The van der Waals surface area contributed by atoms with Crippen molar-refractivity contribution in [2.24, 2.45) is 5.92 Å². The van der Waals surface area contributed by atoms with Gasteiger partial charge in [0.05, 0.1) is 11.3 Å². The fraction of sp³-hybridized carbons (Fsp3) is 0.611. The van der Waals surface area contributed by atoms with Crippen LogP contribution in [0.4, 0.5) is 19.0 Å². The van der Waals surface area contributed by atoms with Gasteiger partial charge in [0.1, 0.15) is 23.5 Å². The van der Waals surface area contributed by atoms with Gasteiger partial charge in [-0.05, 0) is 44.1 Å². The molecule has 1 N–H and O–H groups in total. The lowest BCUT2D eigenvalue weighted by molar-refractivity contribution is -0.140. The Morgan fingerprint density at radius 1 is 1.26 bits per heavy atom. The normalized spacial score (nSPS) is 20.6. The minimum Gasteiger partial charge on any atom is -0.355 e. The molecule has 27 heavy (non-hydrogen) atoms. The van der Waals surface area contributed by atoms with Crippen molar-refractivity contribution in [2.45, 2.75) is 44.7 Å². The number of anilines is 1. The molecule has 5 nitrogen and oxygen atoms in total. The SMILES string of the molecule is O=C(NCC(F)(F)F)C1CCCN(c2ncnc3sc4c(c23)CCCC4)C1. The maximum Gasteiger partial charge on any atom is 0.405 e. The van der Waals surface area contributed by atoms with Crippen LogP contribution in [0, 0.1) is 5.92 Å². The summed E-state index contributed by atoms with van der Waals surface area (Å²) in [7, 11) is 0. The summed E-state index contributed by atoms with van der Waals surface area (Å²) in [4.78, 5) is 25.5. The first-order valence-corrected chi connectivity index (χ1v) is 10.1. The highest BCUT2D eigenvalue weighted by atomic mass is 32.1. The zero-order valence-electron chi connectivity index (χ0n) is 14.8. The van der Waals surface area contributed by atoms with E-state index in [1.807, 2.05) is 10.2 Å². The Morgan fingerprint density at radius 3 is 2.89 bits per heavy atom. The van der Waals surface area contributed by atoms with Gasteiger partial charge in [-0.1, -0.05) is 0 Å². The van der Waals surface area contributed by atoms with Gasteiger partial charge >= 0.3 is 6.18 Å². The Labute approximate surface area is 159 Å². The Morgan fingerprint density at radius 2 is 2.07 bits per heavy atom. The molecule has 9 heteroatoms. The van der Waals surface area contributed by atoms with Crippen molar-refractivity contribution in [3.05, 3.63) is 16.8 Å². The summed E-state index contributed by atoms with van der Waals surface area (Å²) < 4.78 is 37.1. The molecule has 1 fully saturated rings. The predicted octanol–water partition coefficient (Wildman–Crippen LogP) is 3.47. The van der Waals surface area contributed by atoms with Gasteiger partial charge < -0.3 is 10.2 Å². The number of nitrogens with zero attached hydrogens (tertiary/aromatic N) is 3. The molecule has 1 amide bonds. The molecule has 0 bridgehead atoms. The highest BCUT2D eigenvalue weighted by Gasteiger charge is 2.32. The fourth-order valence-electron chi connectivity index (χ4n) is 4.03. The molecule has 0 radical (unpaired) electrons. The molecule has 1 aliphatic heterocycles. The van der Waals surface area contributed by atoms with E-state index in [1.54, 1.807) is 17.7 Å². The van der Waals surface area contributed by atoms with E-state index in [9.17, 15) is 18.0 Å². The maximum absolute atomic E-state index is 12.4. The van der Waals surface area contributed by atoms with Crippen LogP contribution >= 0.6 is 11.3 Å². The Balaban J connectivity index is 1.56. The number of alkyl halides is 3. The number of carbonyl (C=O) groups excluding carboxylic acids is 1. The Hall–Kier alpha value is -1.90. The van der Waals surface area contributed by atoms with E-state index in [1.165, 1.54) is 16.9 Å². The first-order valence-electron chi connectivity index (χ1n) is 9.27. The lowest BCUT2D eigenvalue weighted by atomic mass is 9.95. The van der Waals surface area contributed by atoms with Crippen LogP contribution in [0.25, 0.3) is 10.2 Å². The number of fused-ring (bicyclic) bond motifs is 3. The zero-order chi connectivity index (χ0) is 19.0. The van der Waals surface area contributed by atoms with E-state index in [0.29, 0.717) is 13.0 Å². The number of hydrogen-bond acceptors (Lipinski definition) is 5. The van der Waals surface area contributed by atoms with Crippen molar-refractivity contribution >= 4 is 33.3 Å². The number of thiophene rings is 1. The van der Waals surface area contributed by atoms with Crippen LogP contribution < -0.4 is 10.2 Å². The molecule has 3 heterocycles. The van der Waals surface area contributed by atoms with Crippen LogP contribution in [-0.4, -0.2) is 41.7 Å². The Kier molecular flexibility index (Phi) is 4.96. The third-order valence-corrected chi connectivity index (χ3v) is 6.49. The summed E-state index contributed by atoms with van der Waals surface area (Å²) in [5, 5.41) is 3.10. The average Bonchev–Trinajstić information content (AvgIpc) is 3.04. The van der Waals surface area contributed by atoms with E-state index >= 15 is 0 Å². The molecule has 1 saturated heterocycles. The number of nitrogens with one attached hydrogen (secondary N) is 1. The number of piperidine rings is 1. The summed E-state index contributed by atoms with van der Waals surface area (Å²) >= 11 is 1.71. The van der Waals surface area contributed by atoms with E-state index in [-0.39, 0.29) is 0 Å². The standard InChI is InChI=1S/C18H21F3N4OS/c19-18(20,21)9-22-16(26)11-4-3-7-25(8-11)15-14-12-5-1-2-6-13(12)27-17(14)24-10-23-15/h10-11H,1-9H2,(H,22,26). The van der Waals surface area contributed by atoms with Gasteiger partial charge in [-0.3, -0.25) is 4.79 Å². The van der Waals surface area contributed by atoms with E-state index in [0.717, 1.165) is 48.3 Å². The summed E-state index contributed by atoms with van der Waals surface area (Å²) in [5.41, 5.74) is 1.32. The molecule has 1 atom stereocenters. The monoisotopic (exact) mass is 398 g/mol. The smallest absolute Gasteiger partial charge is 0.355 e. The second kappa shape index (κ2) is 7.26. The van der Waals surface area contributed by atoms with Gasteiger partial charge in [-0.2, -0.15) is 13.2 Å². The third-order valence-electron chi connectivity index (χ3n) is 5.29. The van der Waals surface area contributed by atoms with Crippen LogP contribution in [0.2, 0.25) is 0 Å². The molecule has 4 rings (SSSR count). The fourth-order valence-corrected chi connectivity index (χ4v) is 5.25. The van der Waals surface area contributed by atoms with Crippen LogP contribution in [0.3, 0.4) is 0 Å². The lowest BCUT2D eigenvalue weighted by Gasteiger charge is -2.33. The van der Waals surface area contributed by atoms with Crippen molar-refractivity contribution in [2.75, 3.05) is 24.5 Å². The largest absolute Gasteiger partial charge is 0.405 e. The van der Waals surface area contributed by atoms with E-state index < -0.39 is 24.5 Å². The van der Waals surface area contributed by atoms with Crippen LogP contribution in [0.1, 0.15) is 36.1 Å². The molecule has 2 aliphatic rings. The molecule has 2 aromatic heterocycles. The van der Waals surface area contributed by atoms with Gasteiger partial charge in [0.25, 0.3) is 0 Å². The van der Waals surface area contributed by atoms with Gasteiger partial charge in [0.15, 0.2) is 0 Å². The number of aromatic nitrogens is 2. The molecule has 0 saturated carbocycles. The van der Waals surface area contributed by atoms with Crippen LogP contribution in [-0.2, 0) is 17.6 Å². The number of rotatable bonds is 3. The minimum atomic E-state index is -4.39. The predicted molar refractivity (Wildman–Crippen MR) is 98.1 cm³/mol. The maximum atomic E-state index is 12.4. The minimum absolute atomic E-state index is 0.389. The number of halogens is 3. The average molecular weight is 398 g/mol. The van der Waals surface area contributed by atoms with Crippen molar-refractivity contribution in [3.63, 3.8) is 0 Å². The molecule has 1 aliphatic carbocycles. The van der Waals surface area contributed by atoms with Crippen molar-refractivity contribution in [3.8, 4) is 0 Å². The highest BCUT2D eigenvalue weighted by molar-refractivity contribution is 7.19. The summed E-state index contributed by atoms with van der Waals surface area (Å²) in [6.45, 7) is -0.141. The molecule has 2 aromatic rings. The quantitative estimate of drug-likeness (QED) is 0.860. The molecule has 1 unspecified atom stereocenters. The highest BCUT2D eigenvalue weighted by Crippen LogP contribution is 2.40. The summed E-state index contributed by atoms with van der Waals surface area (Å²) in [6.07, 6.45) is 2.92. The van der Waals surface area contributed by atoms with Crippen molar-refractivity contribution < 1.29 is 18.0 Å². The number of hydrogen-bond donors (Lipinski definition) is 1. The van der Waals surface area contributed by atoms with E-state index in [2.05, 4.69) is 9.97 Å². The third kappa shape index (κ3) is 3.88. The molecule has 0 aromatic carbocycles. The summed E-state index contributed by atoms with van der Waals surface area (Å²) in [5.74, 6) is -0.164. The van der Waals surface area contributed by atoms with E-state index in [4.69, 9.17) is 0 Å². The van der Waals surface area contributed by atoms with Crippen molar-refractivity contribution in [1.29, 1.82) is 0 Å². The van der Waals surface area contributed by atoms with Crippen molar-refractivity contribution in [1.82, 2.24) is 15.3 Å². The molecular weight excluding hydrogens is 377 g/mol. The first kappa shape index (κ1) is 18.5.